The molecule has 0 spiro atoms. The Balaban J connectivity index is 2.11. The molecule has 1 aliphatic heterocycles. The third kappa shape index (κ3) is 4.20. The number of rotatable bonds is 6. The predicted octanol–water partition coefficient (Wildman–Crippen LogP) is 2.52. The average Bonchev–Trinajstić information content (AvgIpc) is 2.45. The molecule has 118 valence electrons. The third-order valence-electron chi connectivity index (χ3n) is 3.94. The van der Waals surface area contributed by atoms with Crippen LogP contribution in [0.2, 0.25) is 0 Å². The first-order chi connectivity index (χ1) is 9.94. The molecule has 0 saturated carbocycles. The van der Waals surface area contributed by atoms with Gasteiger partial charge in [0.05, 0.1) is 4.90 Å². The molecule has 1 atom stereocenters. The van der Waals surface area contributed by atoms with E-state index in [4.69, 9.17) is 4.74 Å². The molecule has 1 heterocycles. The number of hydrogen-bond acceptors (Lipinski definition) is 4. The Morgan fingerprint density at radius 2 is 2.10 bits per heavy atom. The van der Waals surface area contributed by atoms with Gasteiger partial charge in [0.1, 0.15) is 11.9 Å². The zero-order chi connectivity index (χ0) is 15.5. The fourth-order valence-electron chi connectivity index (χ4n) is 2.75. The van der Waals surface area contributed by atoms with Gasteiger partial charge in [-0.05, 0) is 50.0 Å². The van der Waals surface area contributed by atoms with Crippen molar-refractivity contribution >= 4 is 9.84 Å². The molecule has 1 aromatic rings. The predicted molar refractivity (Wildman–Crippen MR) is 84.7 cm³/mol. The molecule has 5 heteroatoms. The van der Waals surface area contributed by atoms with Crippen molar-refractivity contribution in [3.63, 3.8) is 0 Å². The summed E-state index contributed by atoms with van der Waals surface area (Å²) in [6.45, 7) is 7.34. The van der Waals surface area contributed by atoms with Gasteiger partial charge in [0.2, 0.25) is 0 Å². The second kappa shape index (κ2) is 6.79. The lowest BCUT2D eigenvalue weighted by atomic mass is 10.0. The van der Waals surface area contributed by atoms with Crippen LogP contribution in [-0.4, -0.2) is 45.3 Å². The third-order valence-corrected chi connectivity index (χ3v) is 5.06. The van der Waals surface area contributed by atoms with Crippen LogP contribution < -0.4 is 4.74 Å². The smallest absolute Gasteiger partial charge is 0.175 e. The zero-order valence-electron chi connectivity index (χ0n) is 13.1. The van der Waals surface area contributed by atoms with Crippen molar-refractivity contribution in [3.05, 3.63) is 23.8 Å². The number of aryl methyl sites for hydroxylation is 1. The Morgan fingerprint density at radius 3 is 2.71 bits per heavy atom. The maximum atomic E-state index is 11.6. The molecule has 0 radical (unpaired) electrons. The van der Waals surface area contributed by atoms with Crippen molar-refractivity contribution in [1.29, 1.82) is 0 Å². The molecule has 1 aromatic carbocycles. The summed E-state index contributed by atoms with van der Waals surface area (Å²) in [7, 11) is -3.18. The highest BCUT2D eigenvalue weighted by Crippen LogP contribution is 2.30. The summed E-state index contributed by atoms with van der Waals surface area (Å²) in [5.41, 5.74) is 1.11. The lowest BCUT2D eigenvalue weighted by Crippen LogP contribution is -2.38. The summed E-state index contributed by atoms with van der Waals surface area (Å²) in [5.74, 6) is 0.738. The minimum absolute atomic E-state index is 0.152. The highest BCUT2D eigenvalue weighted by Gasteiger charge is 2.23. The van der Waals surface area contributed by atoms with Gasteiger partial charge in [0.25, 0.3) is 0 Å². The summed E-state index contributed by atoms with van der Waals surface area (Å²) < 4.78 is 29.3. The number of nitrogens with zero attached hydrogens (tertiary/aromatic N) is 1. The van der Waals surface area contributed by atoms with Crippen molar-refractivity contribution in [3.8, 4) is 5.75 Å². The van der Waals surface area contributed by atoms with Crippen LogP contribution in [0.1, 0.15) is 32.3 Å². The molecule has 21 heavy (non-hydrogen) atoms. The largest absolute Gasteiger partial charge is 0.489 e. The van der Waals surface area contributed by atoms with E-state index in [9.17, 15) is 8.42 Å². The Morgan fingerprint density at radius 1 is 1.33 bits per heavy atom. The molecule has 0 N–H and O–H groups in total. The summed E-state index contributed by atoms with van der Waals surface area (Å²) in [6.07, 6.45) is 4.46. The lowest BCUT2D eigenvalue weighted by Gasteiger charge is -2.31. The molecule has 2 rings (SSSR count). The molecule has 0 aromatic heterocycles. The van der Waals surface area contributed by atoms with Crippen molar-refractivity contribution in [1.82, 2.24) is 4.90 Å². The van der Waals surface area contributed by atoms with E-state index < -0.39 is 9.84 Å². The highest BCUT2D eigenvalue weighted by atomic mass is 32.2. The molecular weight excluding hydrogens is 286 g/mol. The lowest BCUT2D eigenvalue weighted by molar-refractivity contribution is 0.116. The fourth-order valence-corrected chi connectivity index (χ4v) is 3.38. The van der Waals surface area contributed by atoms with Gasteiger partial charge in [-0.3, -0.25) is 4.90 Å². The van der Waals surface area contributed by atoms with Crippen LogP contribution in [0.5, 0.6) is 5.75 Å². The topological polar surface area (TPSA) is 46.6 Å². The molecule has 1 aliphatic rings. The van der Waals surface area contributed by atoms with E-state index in [1.54, 1.807) is 12.1 Å². The van der Waals surface area contributed by atoms with Gasteiger partial charge in [0, 0.05) is 12.8 Å². The molecule has 0 amide bonds. The van der Waals surface area contributed by atoms with Crippen LogP contribution in [0.3, 0.4) is 0 Å². The zero-order valence-corrected chi connectivity index (χ0v) is 13.9. The van der Waals surface area contributed by atoms with Crippen molar-refractivity contribution in [2.24, 2.45) is 0 Å². The molecule has 0 aliphatic carbocycles. The Kier molecular flexibility index (Phi) is 5.27. The van der Waals surface area contributed by atoms with E-state index in [2.05, 4.69) is 18.7 Å². The van der Waals surface area contributed by atoms with Gasteiger partial charge in [-0.2, -0.15) is 0 Å². The van der Waals surface area contributed by atoms with Gasteiger partial charge < -0.3 is 4.74 Å². The van der Waals surface area contributed by atoms with Crippen LogP contribution in [0, 0.1) is 0 Å². The SMILES string of the molecule is CCCN(CC)CC1CCc2ccc(S(C)(=O)=O)cc2O1. The van der Waals surface area contributed by atoms with Gasteiger partial charge in [-0.25, -0.2) is 8.42 Å². The number of likely N-dealkylation sites (N-methyl/N-ethyl adjacent to an activating group) is 1. The monoisotopic (exact) mass is 311 g/mol. The van der Waals surface area contributed by atoms with E-state index in [0.717, 1.165) is 50.2 Å². The summed E-state index contributed by atoms with van der Waals surface area (Å²) in [4.78, 5) is 2.72. The van der Waals surface area contributed by atoms with Crippen molar-refractivity contribution in [2.75, 3.05) is 25.9 Å². The van der Waals surface area contributed by atoms with Crippen molar-refractivity contribution in [2.45, 2.75) is 44.1 Å². The van der Waals surface area contributed by atoms with Crippen LogP contribution in [0.4, 0.5) is 0 Å². The average molecular weight is 311 g/mol. The van der Waals surface area contributed by atoms with E-state index >= 15 is 0 Å². The maximum Gasteiger partial charge on any atom is 0.175 e. The van der Waals surface area contributed by atoms with Gasteiger partial charge >= 0.3 is 0 Å². The summed E-state index contributed by atoms with van der Waals surface area (Å²) in [5, 5.41) is 0. The molecule has 1 unspecified atom stereocenters. The molecule has 0 saturated heterocycles. The second-order valence-electron chi connectivity index (χ2n) is 5.71. The normalized spacial score (nSPS) is 18.4. The first-order valence-electron chi connectivity index (χ1n) is 7.66. The minimum atomic E-state index is -3.18. The van der Waals surface area contributed by atoms with E-state index in [1.165, 1.54) is 6.26 Å². The first-order valence-corrected chi connectivity index (χ1v) is 9.55. The summed E-state index contributed by atoms with van der Waals surface area (Å²) >= 11 is 0. The van der Waals surface area contributed by atoms with E-state index in [0.29, 0.717) is 4.90 Å². The Labute approximate surface area is 128 Å². The first kappa shape index (κ1) is 16.3. The molecular formula is C16H25NO3S. The maximum absolute atomic E-state index is 11.6. The van der Waals surface area contributed by atoms with Crippen LogP contribution in [0.25, 0.3) is 0 Å². The second-order valence-corrected chi connectivity index (χ2v) is 7.73. The number of sulfone groups is 1. The molecule has 0 bridgehead atoms. The van der Waals surface area contributed by atoms with Crippen LogP contribution in [-0.2, 0) is 16.3 Å². The highest BCUT2D eigenvalue weighted by molar-refractivity contribution is 7.90. The van der Waals surface area contributed by atoms with E-state index in [-0.39, 0.29) is 6.10 Å². The van der Waals surface area contributed by atoms with Crippen molar-refractivity contribution < 1.29 is 13.2 Å². The van der Waals surface area contributed by atoms with E-state index in [1.807, 2.05) is 6.07 Å². The molecule has 4 nitrogen and oxygen atoms in total. The summed E-state index contributed by atoms with van der Waals surface area (Å²) in [6, 6.07) is 5.23. The van der Waals surface area contributed by atoms with Gasteiger partial charge in [-0.1, -0.05) is 19.9 Å². The van der Waals surface area contributed by atoms with Crippen LogP contribution >= 0.6 is 0 Å². The van der Waals surface area contributed by atoms with Crippen LogP contribution in [0.15, 0.2) is 23.1 Å². The Bertz CT molecular complexity index is 583. The Hall–Kier alpha value is -1.07. The quantitative estimate of drug-likeness (QED) is 0.810. The number of ether oxygens (including phenoxy) is 1. The van der Waals surface area contributed by atoms with Gasteiger partial charge in [-0.15, -0.1) is 0 Å². The van der Waals surface area contributed by atoms with Gasteiger partial charge in [0.15, 0.2) is 9.84 Å². The number of benzene rings is 1. The number of fused-ring (bicyclic) bond motifs is 1. The molecule has 0 fully saturated rings. The minimum Gasteiger partial charge on any atom is -0.489 e. The number of hydrogen-bond donors (Lipinski definition) is 0. The fraction of sp³-hybridized carbons (Fsp3) is 0.625. The standard InChI is InChI=1S/C16H25NO3S/c1-4-10-17(5-2)12-14-8-6-13-7-9-15(21(3,18)19)11-16(13)20-14/h7,9,11,14H,4-6,8,10,12H2,1-3H3.